The molecule has 0 spiro atoms. The van der Waals surface area contributed by atoms with Crippen LogP contribution in [0.2, 0.25) is 5.28 Å². The molecular formula is C14H12ClN5O. The van der Waals surface area contributed by atoms with Crippen LogP contribution >= 0.6 is 11.6 Å². The molecule has 0 aliphatic rings. The highest BCUT2D eigenvalue weighted by Crippen LogP contribution is 2.21. The number of hydrogen-bond acceptors (Lipinski definition) is 6. The third-order valence-electron chi connectivity index (χ3n) is 2.94. The molecule has 0 radical (unpaired) electrons. The number of methoxy groups -OCH3 is 1. The van der Waals surface area contributed by atoms with E-state index in [4.69, 9.17) is 16.3 Å². The molecule has 0 amide bonds. The van der Waals surface area contributed by atoms with Crippen molar-refractivity contribution in [3.8, 4) is 5.75 Å². The van der Waals surface area contributed by atoms with E-state index in [0.29, 0.717) is 23.5 Å². The fraction of sp³-hybridized carbons (Fsp3) is 0.143. The Hall–Kier alpha value is -2.47. The summed E-state index contributed by atoms with van der Waals surface area (Å²) in [4.78, 5) is 16.6. The van der Waals surface area contributed by atoms with Crippen LogP contribution in [-0.4, -0.2) is 27.0 Å². The van der Waals surface area contributed by atoms with E-state index >= 15 is 0 Å². The van der Waals surface area contributed by atoms with Crippen molar-refractivity contribution in [3.05, 3.63) is 47.5 Å². The Bertz CT molecular complexity index is 780. The van der Waals surface area contributed by atoms with E-state index in [2.05, 4.69) is 25.3 Å². The topological polar surface area (TPSA) is 72.8 Å². The molecule has 2 aromatic heterocycles. The van der Waals surface area contributed by atoms with Crippen LogP contribution in [0.25, 0.3) is 11.2 Å². The van der Waals surface area contributed by atoms with Crippen LogP contribution < -0.4 is 10.1 Å². The molecule has 0 saturated heterocycles. The van der Waals surface area contributed by atoms with Gasteiger partial charge in [0, 0.05) is 24.5 Å². The van der Waals surface area contributed by atoms with Gasteiger partial charge in [0.25, 0.3) is 0 Å². The van der Waals surface area contributed by atoms with Crippen molar-refractivity contribution in [3.63, 3.8) is 0 Å². The zero-order chi connectivity index (χ0) is 14.7. The SMILES string of the molecule is COc1ccccc1CNc1nc(Cl)nc2nccnc12. The van der Waals surface area contributed by atoms with Crippen LogP contribution in [0.1, 0.15) is 5.56 Å². The lowest BCUT2D eigenvalue weighted by Gasteiger charge is -2.10. The minimum atomic E-state index is 0.130. The first kappa shape index (κ1) is 13.5. The fourth-order valence-electron chi connectivity index (χ4n) is 1.99. The van der Waals surface area contributed by atoms with Gasteiger partial charge in [0.15, 0.2) is 17.0 Å². The van der Waals surface area contributed by atoms with Crippen LogP contribution in [0.4, 0.5) is 5.82 Å². The van der Waals surface area contributed by atoms with Gasteiger partial charge in [-0.15, -0.1) is 0 Å². The Morgan fingerprint density at radius 3 is 2.81 bits per heavy atom. The Kier molecular flexibility index (Phi) is 3.79. The minimum absolute atomic E-state index is 0.130. The van der Waals surface area contributed by atoms with Crippen LogP contribution in [-0.2, 0) is 6.54 Å². The van der Waals surface area contributed by atoms with Gasteiger partial charge in [0.1, 0.15) is 5.75 Å². The highest BCUT2D eigenvalue weighted by molar-refractivity contribution is 6.28. The van der Waals surface area contributed by atoms with Gasteiger partial charge >= 0.3 is 0 Å². The molecule has 2 heterocycles. The van der Waals surface area contributed by atoms with E-state index in [1.807, 2.05) is 24.3 Å². The molecule has 7 heteroatoms. The Morgan fingerprint density at radius 1 is 1.14 bits per heavy atom. The normalized spacial score (nSPS) is 10.6. The largest absolute Gasteiger partial charge is 0.496 e. The van der Waals surface area contributed by atoms with Gasteiger partial charge in [-0.2, -0.15) is 9.97 Å². The monoisotopic (exact) mass is 301 g/mol. The second-order valence-electron chi connectivity index (χ2n) is 4.24. The zero-order valence-corrected chi connectivity index (χ0v) is 12.0. The first-order valence-electron chi connectivity index (χ1n) is 6.28. The number of benzene rings is 1. The molecule has 0 unspecified atom stereocenters. The van der Waals surface area contributed by atoms with Gasteiger partial charge in [0.05, 0.1) is 7.11 Å². The summed E-state index contributed by atoms with van der Waals surface area (Å²) in [5.74, 6) is 1.35. The summed E-state index contributed by atoms with van der Waals surface area (Å²) in [5.41, 5.74) is 2.04. The number of halogens is 1. The van der Waals surface area contributed by atoms with E-state index < -0.39 is 0 Å². The number of nitrogens with zero attached hydrogens (tertiary/aromatic N) is 4. The van der Waals surface area contributed by atoms with Crippen molar-refractivity contribution in [1.29, 1.82) is 0 Å². The number of hydrogen-bond donors (Lipinski definition) is 1. The smallest absolute Gasteiger partial charge is 0.226 e. The van der Waals surface area contributed by atoms with E-state index in [9.17, 15) is 0 Å². The van der Waals surface area contributed by atoms with Crippen molar-refractivity contribution in [1.82, 2.24) is 19.9 Å². The summed E-state index contributed by atoms with van der Waals surface area (Å²) >= 11 is 5.91. The molecule has 0 aliphatic heterocycles. The molecule has 3 aromatic rings. The van der Waals surface area contributed by atoms with E-state index in [1.165, 1.54) is 0 Å². The van der Waals surface area contributed by atoms with Crippen molar-refractivity contribution < 1.29 is 4.74 Å². The van der Waals surface area contributed by atoms with Crippen LogP contribution in [0, 0.1) is 0 Å². The summed E-state index contributed by atoms with van der Waals surface area (Å²) in [6.45, 7) is 0.531. The first-order chi connectivity index (χ1) is 10.3. The highest BCUT2D eigenvalue weighted by atomic mass is 35.5. The number of aromatic nitrogens is 4. The lowest BCUT2D eigenvalue weighted by Crippen LogP contribution is -2.05. The third kappa shape index (κ3) is 2.85. The number of anilines is 1. The van der Waals surface area contributed by atoms with Crippen molar-refractivity contribution in [2.45, 2.75) is 6.54 Å². The maximum Gasteiger partial charge on any atom is 0.226 e. The van der Waals surface area contributed by atoms with Gasteiger partial charge in [-0.05, 0) is 17.7 Å². The van der Waals surface area contributed by atoms with Crippen LogP contribution in [0.3, 0.4) is 0 Å². The van der Waals surface area contributed by atoms with Gasteiger partial charge in [-0.1, -0.05) is 18.2 Å². The molecule has 3 rings (SSSR count). The Balaban J connectivity index is 1.92. The number of nitrogens with one attached hydrogen (secondary N) is 1. The Morgan fingerprint density at radius 2 is 1.95 bits per heavy atom. The first-order valence-corrected chi connectivity index (χ1v) is 6.66. The van der Waals surface area contributed by atoms with Gasteiger partial charge < -0.3 is 10.1 Å². The molecule has 0 fully saturated rings. The van der Waals surface area contributed by atoms with Gasteiger partial charge in [-0.3, -0.25) is 0 Å². The summed E-state index contributed by atoms with van der Waals surface area (Å²) < 4.78 is 5.32. The van der Waals surface area contributed by atoms with Gasteiger partial charge in [0.2, 0.25) is 5.28 Å². The predicted molar refractivity (Wildman–Crippen MR) is 80.5 cm³/mol. The minimum Gasteiger partial charge on any atom is -0.496 e. The maximum absolute atomic E-state index is 5.91. The summed E-state index contributed by atoms with van der Waals surface area (Å²) in [6, 6.07) is 7.75. The highest BCUT2D eigenvalue weighted by Gasteiger charge is 2.09. The quantitative estimate of drug-likeness (QED) is 0.747. The van der Waals surface area contributed by atoms with Crippen molar-refractivity contribution in [2.24, 2.45) is 0 Å². The number of ether oxygens (including phenoxy) is 1. The molecule has 0 atom stereocenters. The molecule has 0 bridgehead atoms. The number of fused-ring (bicyclic) bond motifs is 1. The summed E-state index contributed by atoms with van der Waals surface area (Å²) in [7, 11) is 1.64. The Labute approximate surface area is 126 Å². The third-order valence-corrected chi connectivity index (χ3v) is 3.11. The summed E-state index contributed by atoms with van der Waals surface area (Å²) in [5, 5.41) is 3.33. The number of para-hydroxylation sites is 1. The number of rotatable bonds is 4. The van der Waals surface area contributed by atoms with E-state index in [0.717, 1.165) is 11.3 Å². The summed E-state index contributed by atoms with van der Waals surface area (Å²) in [6.07, 6.45) is 3.16. The zero-order valence-electron chi connectivity index (χ0n) is 11.2. The van der Waals surface area contributed by atoms with Crippen molar-refractivity contribution in [2.75, 3.05) is 12.4 Å². The molecule has 1 aromatic carbocycles. The second-order valence-corrected chi connectivity index (χ2v) is 4.57. The lowest BCUT2D eigenvalue weighted by atomic mass is 10.2. The molecular weight excluding hydrogens is 290 g/mol. The van der Waals surface area contributed by atoms with Gasteiger partial charge in [-0.25, -0.2) is 9.97 Å². The fourth-order valence-corrected chi connectivity index (χ4v) is 2.15. The van der Waals surface area contributed by atoms with E-state index in [1.54, 1.807) is 19.5 Å². The average molecular weight is 302 g/mol. The molecule has 1 N–H and O–H groups in total. The van der Waals surface area contributed by atoms with Crippen LogP contribution in [0.5, 0.6) is 5.75 Å². The lowest BCUT2D eigenvalue weighted by molar-refractivity contribution is 0.410. The van der Waals surface area contributed by atoms with Crippen LogP contribution in [0.15, 0.2) is 36.7 Å². The molecule has 106 valence electrons. The van der Waals surface area contributed by atoms with E-state index in [-0.39, 0.29) is 5.28 Å². The standard InChI is InChI=1S/C14H12ClN5O/c1-21-10-5-3-2-4-9(10)8-18-13-11-12(17-7-6-16-11)19-14(15)20-13/h2-7H,8H2,1H3,(H,17,18,19,20). The average Bonchev–Trinajstić information content (AvgIpc) is 2.52. The predicted octanol–water partition coefficient (Wildman–Crippen LogP) is 2.69. The molecule has 6 nitrogen and oxygen atoms in total. The molecule has 0 saturated carbocycles. The van der Waals surface area contributed by atoms with Crippen molar-refractivity contribution >= 4 is 28.6 Å². The maximum atomic E-state index is 5.91. The molecule has 0 aliphatic carbocycles. The molecule has 21 heavy (non-hydrogen) atoms. The second kappa shape index (κ2) is 5.88.